The Morgan fingerprint density at radius 1 is 1.28 bits per heavy atom. The highest BCUT2D eigenvalue weighted by Gasteiger charge is 2.34. The lowest BCUT2D eigenvalue weighted by molar-refractivity contribution is 0.0835. The second-order valence-electron chi connectivity index (χ2n) is 7.29. The van der Waals surface area contributed by atoms with Crippen LogP contribution in [0.1, 0.15) is 29.3 Å². The van der Waals surface area contributed by atoms with E-state index in [4.69, 9.17) is 4.84 Å². The summed E-state index contributed by atoms with van der Waals surface area (Å²) in [4.78, 5) is 10.2. The third-order valence-electron chi connectivity index (χ3n) is 5.00. The number of nitrogens with one attached hydrogen (secondary N) is 1. The van der Waals surface area contributed by atoms with Crippen LogP contribution in [0.15, 0.2) is 46.9 Å². The van der Waals surface area contributed by atoms with Crippen molar-refractivity contribution < 1.29 is 18.5 Å². The van der Waals surface area contributed by atoms with Crippen molar-refractivity contribution in [2.24, 2.45) is 5.16 Å². The van der Waals surface area contributed by atoms with Crippen molar-refractivity contribution in [3.05, 3.63) is 64.4 Å². The van der Waals surface area contributed by atoms with Gasteiger partial charge >= 0.3 is 0 Å². The first-order valence-electron chi connectivity index (χ1n) is 9.04. The molecule has 0 saturated carbocycles. The Morgan fingerprint density at radius 2 is 2.07 bits per heavy atom. The molecular formula is C20H18FN3O3S2. The summed E-state index contributed by atoms with van der Waals surface area (Å²) in [5.74, 6) is 0.199. The van der Waals surface area contributed by atoms with Gasteiger partial charge in [0.1, 0.15) is 22.3 Å². The predicted octanol–water partition coefficient (Wildman–Crippen LogP) is 4.01. The Labute approximate surface area is 171 Å². The average Bonchev–Trinajstić information content (AvgIpc) is 3.39. The van der Waals surface area contributed by atoms with Gasteiger partial charge in [0.25, 0.3) is 0 Å². The second kappa shape index (κ2) is 6.64. The molecule has 1 aromatic heterocycles. The summed E-state index contributed by atoms with van der Waals surface area (Å²) in [7, 11) is -2.56. The first kappa shape index (κ1) is 18.3. The minimum absolute atomic E-state index is 0.199. The fraction of sp³-hybridized carbons (Fsp3) is 0.200. The quantitative estimate of drug-likeness (QED) is 0.547. The Kier molecular flexibility index (Phi) is 4.18. The van der Waals surface area contributed by atoms with E-state index in [1.165, 1.54) is 17.4 Å². The molecule has 1 unspecified atom stereocenters. The number of aromatic hydroxyl groups is 1. The number of phenols is 1. The largest absolute Gasteiger partial charge is 0.508 e. The molecule has 1 atom stereocenters. The highest BCUT2D eigenvalue weighted by Crippen LogP contribution is 2.42. The van der Waals surface area contributed by atoms with Crippen molar-refractivity contribution in [3.63, 3.8) is 0 Å². The van der Waals surface area contributed by atoms with Crippen molar-refractivity contribution in [1.82, 2.24) is 4.98 Å². The van der Waals surface area contributed by atoms with Gasteiger partial charge in [-0.1, -0.05) is 11.2 Å². The maximum absolute atomic E-state index is 14.6. The molecule has 0 radical (unpaired) electrons. The standard InChI is InChI=1S/C20H18FN3O3S2/c1-29(26)10-12-4-7-14(21)18(19(12)24-29)17-8-15(23-27-17)16-9-28-20(22-16)11-2-5-13(25)6-3-11/h2-7,9,17,25,29H,8,10H2,1H3,(H,24,26). The van der Waals surface area contributed by atoms with E-state index in [9.17, 15) is 13.7 Å². The molecule has 5 rings (SSSR count). The van der Waals surface area contributed by atoms with Crippen LogP contribution in [0.25, 0.3) is 10.6 Å². The van der Waals surface area contributed by atoms with Crippen LogP contribution in [0.3, 0.4) is 0 Å². The van der Waals surface area contributed by atoms with Crippen LogP contribution in [0.4, 0.5) is 10.1 Å². The second-order valence-corrected chi connectivity index (χ2v) is 10.9. The van der Waals surface area contributed by atoms with Crippen LogP contribution < -0.4 is 4.72 Å². The lowest BCUT2D eigenvalue weighted by Gasteiger charge is -2.16. The first-order valence-corrected chi connectivity index (χ1v) is 12.3. The number of anilines is 1. The predicted molar refractivity (Wildman–Crippen MR) is 113 cm³/mol. The van der Waals surface area contributed by atoms with Gasteiger partial charge in [0, 0.05) is 29.4 Å². The molecule has 3 heterocycles. The van der Waals surface area contributed by atoms with Crippen LogP contribution in [0.5, 0.6) is 5.75 Å². The summed E-state index contributed by atoms with van der Waals surface area (Å²) in [6.07, 6.45) is 1.44. The number of oxime groups is 1. The number of hydrogen-bond acceptors (Lipinski definition) is 6. The van der Waals surface area contributed by atoms with Gasteiger partial charge < -0.3 is 14.7 Å². The van der Waals surface area contributed by atoms with Crippen molar-refractivity contribution in [3.8, 4) is 16.3 Å². The third-order valence-corrected chi connectivity index (χ3v) is 7.54. The smallest absolute Gasteiger partial charge is 0.163 e. The molecule has 0 amide bonds. The molecule has 6 nitrogen and oxygen atoms in total. The fourth-order valence-corrected chi connectivity index (χ4v) is 6.21. The highest BCUT2D eigenvalue weighted by atomic mass is 32.3. The van der Waals surface area contributed by atoms with Gasteiger partial charge in [-0.2, -0.15) is 0 Å². The number of hydrogen-bond donors (Lipinski definition) is 3. The number of benzene rings is 2. The van der Waals surface area contributed by atoms with E-state index in [1.54, 1.807) is 36.6 Å². The molecule has 0 saturated heterocycles. The summed E-state index contributed by atoms with van der Waals surface area (Å²) < 4.78 is 30.1. The zero-order valence-corrected chi connectivity index (χ0v) is 17.1. The molecule has 2 aromatic carbocycles. The van der Waals surface area contributed by atoms with Gasteiger partial charge in [0.05, 0.1) is 16.9 Å². The van der Waals surface area contributed by atoms with Crippen LogP contribution >= 0.6 is 11.3 Å². The van der Waals surface area contributed by atoms with E-state index in [2.05, 4.69) is 14.9 Å². The third kappa shape index (κ3) is 3.30. The highest BCUT2D eigenvalue weighted by molar-refractivity contribution is 8.03. The van der Waals surface area contributed by atoms with Crippen molar-refractivity contribution >= 4 is 32.9 Å². The Hall–Kier alpha value is -2.78. The number of fused-ring (bicyclic) bond motifs is 1. The van der Waals surface area contributed by atoms with Crippen LogP contribution in [0.2, 0.25) is 0 Å². The maximum Gasteiger partial charge on any atom is 0.163 e. The molecule has 29 heavy (non-hydrogen) atoms. The Bertz CT molecular complexity index is 1190. The van der Waals surface area contributed by atoms with Gasteiger partial charge in [0.2, 0.25) is 0 Å². The topological polar surface area (TPSA) is 83.8 Å². The van der Waals surface area contributed by atoms with Crippen molar-refractivity contribution in [1.29, 1.82) is 0 Å². The zero-order valence-electron chi connectivity index (χ0n) is 15.4. The minimum atomic E-state index is -2.56. The molecule has 9 heteroatoms. The van der Waals surface area contributed by atoms with Gasteiger partial charge in [-0.15, -0.1) is 11.3 Å². The lowest BCUT2D eigenvalue weighted by atomic mass is 9.98. The number of aromatic nitrogens is 1. The average molecular weight is 432 g/mol. The number of thiazole rings is 1. The summed E-state index contributed by atoms with van der Waals surface area (Å²) in [6.45, 7) is 0. The molecule has 0 aliphatic carbocycles. The van der Waals surface area contributed by atoms with Crippen molar-refractivity contribution in [2.45, 2.75) is 18.3 Å². The molecule has 150 valence electrons. The summed E-state index contributed by atoms with van der Waals surface area (Å²) in [6, 6.07) is 9.89. The lowest BCUT2D eigenvalue weighted by Crippen LogP contribution is -2.16. The summed E-state index contributed by atoms with van der Waals surface area (Å²) in [5, 5.41) is 16.3. The van der Waals surface area contributed by atoms with Gasteiger partial charge in [0.15, 0.2) is 6.10 Å². The SMILES string of the molecule is C[SH]1(=O)Cc2ccc(F)c(C3CC(c4csc(-c5ccc(O)cc5)n4)=NO3)c2N1. The number of nitrogens with zero attached hydrogens (tertiary/aromatic N) is 2. The van der Waals surface area contributed by atoms with Crippen LogP contribution in [-0.4, -0.2) is 26.3 Å². The van der Waals surface area contributed by atoms with E-state index in [0.717, 1.165) is 16.1 Å². The van der Waals surface area contributed by atoms with E-state index >= 15 is 0 Å². The van der Waals surface area contributed by atoms with E-state index in [0.29, 0.717) is 34.8 Å². The molecule has 2 N–H and O–H groups in total. The van der Waals surface area contributed by atoms with Gasteiger partial charge in [-0.25, -0.2) is 9.37 Å². The molecule has 0 spiro atoms. The minimum Gasteiger partial charge on any atom is -0.508 e. The van der Waals surface area contributed by atoms with E-state index in [-0.39, 0.29) is 5.75 Å². The van der Waals surface area contributed by atoms with E-state index in [1.807, 2.05) is 5.38 Å². The maximum atomic E-state index is 14.6. The Balaban J connectivity index is 1.40. The normalized spacial score (nSPS) is 20.5. The molecule has 3 aromatic rings. The van der Waals surface area contributed by atoms with Crippen molar-refractivity contribution in [2.75, 3.05) is 11.0 Å². The molecule has 2 aliphatic heterocycles. The Morgan fingerprint density at radius 3 is 2.86 bits per heavy atom. The zero-order chi connectivity index (χ0) is 20.2. The summed E-state index contributed by atoms with van der Waals surface area (Å²) in [5.41, 5.74) is 4.00. The first-order chi connectivity index (χ1) is 13.9. The molecule has 2 aliphatic rings. The number of rotatable bonds is 3. The molecular weight excluding hydrogens is 413 g/mol. The fourth-order valence-electron chi connectivity index (χ4n) is 3.65. The molecule has 0 bridgehead atoms. The van der Waals surface area contributed by atoms with Gasteiger partial charge in [-0.3, -0.25) is 4.21 Å². The monoisotopic (exact) mass is 431 g/mol. The van der Waals surface area contributed by atoms with Crippen LogP contribution in [-0.2, 0) is 20.7 Å². The number of thiol groups is 1. The molecule has 0 fully saturated rings. The summed E-state index contributed by atoms with van der Waals surface area (Å²) >= 11 is 1.46. The van der Waals surface area contributed by atoms with Gasteiger partial charge in [-0.05, 0) is 46.0 Å². The van der Waals surface area contributed by atoms with Crippen LogP contribution in [0, 0.1) is 5.82 Å². The van der Waals surface area contributed by atoms with E-state index < -0.39 is 22.0 Å². The number of halogens is 1. The number of phenolic OH excluding ortho intramolecular Hbond substituents is 1.